The summed E-state index contributed by atoms with van der Waals surface area (Å²) in [6, 6.07) is 12.9. The van der Waals surface area contributed by atoms with E-state index in [2.05, 4.69) is 15.6 Å². The van der Waals surface area contributed by atoms with Gasteiger partial charge in [-0.1, -0.05) is 26.0 Å². The van der Waals surface area contributed by atoms with E-state index in [9.17, 15) is 9.59 Å². The number of ether oxygens (including phenoxy) is 1. The van der Waals surface area contributed by atoms with Gasteiger partial charge in [-0.2, -0.15) is 0 Å². The summed E-state index contributed by atoms with van der Waals surface area (Å²) in [7, 11) is 0. The molecule has 7 heteroatoms. The van der Waals surface area contributed by atoms with Crippen LogP contribution in [-0.4, -0.2) is 28.0 Å². The van der Waals surface area contributed by atoms with E-state index in [1.165, 1.54) is 0 Å². The predicted octanol–water partition coefficient (Wildman–Crippen LogP) is 3.80. The lowest BCUT2D eigenvalue weighted by molar-refractivity contribution is -0.118. The van der Waals surface area contributed by atoms with Gasteiger partial charge in [-0.05, 0) is 42.8 Å². The molecule has 30 heavy (non-hydrogen) atoms. The number of hydrogen-bond acceptors (Lipinski definition) is 4. The van der Waals surface area contributed by atoms with Crippen LogP contribution in [0.5, 0.6) is 5.75 Å². The van der Waals surface area contributed by atoms with Crippen molar-refractivity contribution in [3.63, 3.8) is 0 Å². The molecule has 0 unspecified atom stereocenters. The van der Waals surface area contributed by atoms with E-state index in [1.807, 2.05) is 55.8 Å². The molecule has 2 amide bonds. The van der Waals surface area contributed by atoms with Crippen LogP contribution in [0.25, 0.3) is 5.69 Å². The number of carbonyl (C=O) groups is 2. The third-order valence-corrected chi connectivity index (χ3v) is 4.48. The number of benzene rings is 2. The summed E-state index contributed by atoms with van der Waals surface area (Å²) in [6.07, 6.45) is 5.31. The molecular formula is C23H26N4O3. The van der Waals surface area contributed by atoms with Crippen LogP contribution >= 0.6 is 0 Å². The molecule has 0 aliphatic rings. The molecule has 3 rings (SSSR count). The zero-order valence-electron chi connectivity index (χ0n) is 17.4. The van der Waals surface area contributed by atoms with Crippen molar-refractivity contribution in [2.45, 2.75) is 27.3 Å². The molecule has 7 nitrogen and oxygen atoms in total. The van der Waals surface area contributed by atoms with Crippen LogP contribution < -0.4 is 15.4 Å². The highest BCUT2D eigenvalue weighted by molar-refractivity contribution is 5.99. The van der Waals surface area contributed by atoms with Crippen LogP contribution in [0.2, 0.25) is 0 Å². The van der Waals surface area contributed by atoms with Crippen molar-refractivity contribution < 1.29 is 14.3 Å². The zero-order valence-corrected chi connectivity index (χ0v) is 17.4. The van der Waals surface area contributed by atoms with Gasteiger partial charge in [0.15, 0.2) is 0 Å². The van der Waals surface area contributed by atoms with Gasteiger partial charge in [-0.25, -0.2) is 4.98 Å². The van der Waals surface area contributed by atoms with Crippen molar-refractivity contribution in [1.29, 1.82) is 0 Å². The number of hydrogen-bond donors (Lipinski definition) is 2. The third kappa shape index (κ3) is 5.26. The molecule has 0 fully saturated rings. The van der Waals surface area contributed by atoms with Gasteiger partial charge in [-0.15, -0.1) is 0 Å². The van der Waals surface area contributed by atoms with Crippen molar-refractivity contribution in [2.24, 2.45) is 5.92 Å². The van der Waals surface area contributed by atoms with Gasteiger partial charge >= 0.3 is 0 Å². The lowest BCUT2D eigenvalue weighted by Gasteiger charge is -2.14. The van der Waals surface area contributed by atoms with E-state index >= 15 is 0 Å². The predicted molar refractivity (Wildman–Crippen MR) is 116 cm³/mol. The van der Waals surface area contributed by atoms with Crippen molar-refractivity contribution >= 4 is 17.5 Å². The monoisotopic (exact) mass is 406 g/mol. The average molecular weight is 406 g/mol. The maximum atomic E-state index is 12.9. The molecule has 0 aliphatic heterocycles. The van der Waals surface area contributed by atoms with Crippen LogP contribution in [-0.2, 0) is 11.3 Å². The summed E-state index contributed by atoms with van der Waals surface area (Å²) in [4.78, 5) is 28.9. The molecule has 2 aromatic carbocycles. The van der Waals surface area contributed by atoms with E-state index in [0.29, 0.717) is 30.2 Å². The van der Waals surface area contributed by atoms with Crippen LogP contribution in [0.3, 0.4) is 0 Å². The Morgan fingerprint density at radius 3 is 2.70 bits per heavy atom. The Balaban J connectivity index is 1.75. The first-order chi connectivity index (χ1) is 14.5. The summed E-state index contributed by atoms with van der Waals surface area (Å²) in [5.74, 6) is -0.0599. The van der Waals surface area contributed by atoms with Crippen molar-refractivity contribution in [2.75, 3.05) is 11.9 Å². The zero-order chi connectivity index (χ0) is 21.5. The highest BCUT2D eigenvalue weighted by Crippen LogP contribution is 2.24. The normalized spacial score (nSPS) is 10.7. The Morgan fingerprint density at radius 1 is 1.17 bits per heavy atom. The van der Waals surface area contributed by atoms with Crippen LogP contribution in [0.15, 0.2) is 61.2 Å². The molecule has 0 spiro atoms. The first kappa shape index (κ1) is 21.1. The fourth-order valence-electron chi connectivity index (χ4n) is 2.87. The first-order valence-electron chi connectivity index (χ1n) is 9.91. The van der Waals surface area contributed by atoms with Crippen LogP contribution in [0.4, 0.5) is 5.69 Å². The smallest absolute Gasteiger partial charge is 0.255 e. The third-order valence-electron chi connectivity index (χ3n) is 4.48. The minimum Gasteiger partial charge on any atom is -0.493 e. The van der Waals surface area contributed by atoms with E-state index in [0.717, 1.165) is 11.3 Å². The van der Waals surface area contributed by atoms with Gasteiger partial charge in [0, 0.05) is 36.2 Å². The molecule has 0 saturated carbocycles. The first-order valence-corrected chi connectivity index (χ1v) is 9.91. The summed E-state index contributed by atoms with van der Waals surface area (Å²) in [5, 5.41) is 5.75. The van der Waals surface area contributed by atoms with Gasteiger partial charge in [0.2, 0.25) is 5.91 Å². The minimum atomic E-state index is -0.271. The number of anilines is 1. The molecular weight excluding hydrogens is 380 g/mol. The fraction of sp³-hybridized carbons (Fsp3) is 0.261. The van der Waals surface area contributed by atoms with Gasteiger partial charge in [0.05, 0.1) is 18.5 Å². The summed E-state index contributed by atoms with van der Waals surface area (Å²) in [5.41, 5.74) is 2.86. The number of nitrogens with one attached hydrogen (secondary N) is 2. The molecule has 0 aliphatic carbocycles. The molecule has 2 N–H and O–H groups in total. The van der Waals surface area contributed by atoms with Gasteiger partial charge in [0.1, 0.15) is 5.75 Å². The highest BCUT2D eigenvalue weighted by atomic mass is 16.5. The second kappa shape index (κ2) is 9.73. The van der Waals surface area contributed by atoms with E-state index in [1.54, 1.807) is 30.7 Å². The quantitative estimate of drug-likeness (QED) is 0.596. The fourth-order valence-corrected chi connectivity index (χ4v) is 2.87. The van der Waals surface area contributed by atoms with Gasteiger partial charge in [0.25, 0.3) is 5.91 Å². The van der Waals surface area contributed by atoms with Crippen molar-refractivity contribution in [1.82, 2.24) is 14.9 Å². The highest BCUT2D eigenvalue weighted by Gasteiger charge is 2.15. The van der Waals surface area contributed by atoms with Crippen molar-refractivity contribution in [3.8, 4) is 11.4 Å². The van der Waals surface area contributed by atoms with Crippen LogP contribution in [0, 0.1) is 5.92 Å². The van der Waals surface area contributed by atoms with Crippen LogP contribution in [0.1, 0.15) is 36.7 Å². The largest absolute Gasteiger partial charge is 0.493 e. The molecule has 0 atom stereocenters. The maximum absolute atomic E-state index is 12.9. The van der Waals surface area contributed by atoms with E-state index in [-0.39, 0.29) is 17.7 Å². The maximum Gasteiger partial charge on any atom is 0.255 e. The Hall–Kier alpha value is -3.61. The SMILES string of the molecule is CCOc1ccc(NC(=O)C(C)C)cc1C(=O)NCc1cccc(-n2ccnc2)c1. The number of rotatable bonds is 8. The summed E-state index contributed by atoms with van der Waals surface area (Å²) in [6.45, 7) is 6.28. The number of imidazole rings is 1. The number of nitrogens with zero attached hydrogens (tertiary/aromatic N) is 2. The molecule has 1 heterocycles. The topological polar surface area (TPSA) is 85.2 Å². The number of carbonyl (C=O) groups excluding carboxylic acids is 2. The number of aromatic nitrogens is 2. The Labute approximate surface area is 176 Å². The molecule has 156 valence electrons. The Kier molecular flexibility index (Phi) is 6.85. The molecule has 0 radical (unpaired) electrons. The second-order valence-corrected chi connectivity index (χ2v) is 7.11. The lowest BCUT2D eigenvalue weighted by atomic mass is 10.1. The molecule has 0 saturated heterocycles. The standard InChI is InChI=1S/C23H26N4O3/c1-4-30-21-9-8-18(26-22(28)16(2)3)13-20(21)23(29)25-14-17-6-5-7-19(12-17)27-11-10-24-15-27/h5-13,15-16H,4,14H2,1-3H3,(H,25,29)(H,26,28). The second-order valence-electron chi connectivity index (χ2n) is 7.11. The minimum absolute atomic E-state index is 0.109. The van der Waals surface area contributed by atoms with E-state index < -0.39 is 0 Å². The Bertz CT molecular complexity index is 1010. The molecule has 1 aromatic heterocycles. The van der Waals surface area contributed by atoms with E-state index in [4.69, 9.17) is 4.74 Å². The number of amides is 2. The summed E-state index contributed by atoms with van der Waals surface area (Å²) < 4.78 is 7.50. The van der Waals surface area contributed by atoms with Gasteiger partial charge < -0.3 is 19.9 Å². The summed E-state index contributed by atoms with van der Waals surface area (Å²) >= 11 is 0. The molecule has 0 bridgehead atoms. The lowest BCUT2D eigenvalue weighted by Crippen LogP contribution is -2.24. The Morgan fingerprint density at radius 2 is 2.00 bits per heavy atom. The molecule has 3 aromatic rings. The average Bonchev–Trinajstić information content (AvgIpc) is 3.28. The van der Waals surface area contributed by atoms with Crippen molar-refractivity contribution in [3.05, 3.63) is 72.3 Å². The van der Waals surface area contributed by atoms with Gasteiger partial charge in [-0.3, -0.25) is 9.59 Å².